The summed E-state index contributed by atoms with van der Waals surface area (Å²) in [5.41, 5.74) is 3.63. The van der Waals surface area contributed by atoms with Gasteiger partial charge in [0.05, 0.1) is 31.4 Å². The number of nitrogens with one attached hydrogen (secondary N) is 3. The molecule has 1 aliphatic rings. The minimum absolute atomic E-state index is 0.0198. The van der Waals surface area contributed by atoms with Crippen molar-refractivity contribution < 1.29 is 19.0 Å². The Morgan fingerprint density at radius 3 is 2.71 bits per heavy atom. The molecule has 11 heteroatoms. The number of nitrogens with zero attached hydrogens (tertiary/aromatic N) is 4. The monoisotopic (exact) mass is 517 g/mol. The molecule has 4 heterocycles. The van der Waals surface area contributed by atoms with Crippen LogP contribution in [0.3, 0.4) is 0 Å². The average Bonchev–Trinajstić information content (AvgIpc) is 3.38. The number of amides is 1. The van der Waals surface area contributed by atoms with Gasteiger partial charge in [0, 0.05) is 57.5 Å². The van der Waals surface area contributed by atoms with E-state index in [1.807, 2.05) is 37.3 Å². The van der Waals surface area contributed by atoms with Gasteiger partial charge in [-0.15, -0.1) is 0 Å². The summed E-state index contributed by atoms with van der Waals surface area (Å²) >= 11 is 0. The second kappa shape index (κ2) is 10.9. The van der Waals surface area contributed by atoms with Crippen molar-refractivity contribution in [3.8, 4) is 22.8 Å². The Bertz CT molecular complexity index is 1450. The Morgan fingerprint density at radius 2 is 1.97 bits per heavy atom. The number of aromatic nitrogens is 4. The van der Waals surface area contributed by atoms with Gasteiger partial charge in [0.25, 0.3) is 5.91 Å². The van der Waals surface area contributed by atoms with E-state index in [4.69, 9.17) is 24.2 Å². The molecule has 0 saturated carbocycles. The number of hydrogen-bond donors (Lipinski definition) is 3. The van der Waals surface area contributed by atoms with Gasteiger partial charge in [-0.1, -0.05) is 0 Å². The van der Waals surface area contributed by atoms with E-state index in [-0.39, 0.29) is 12.0 Å². The van der Waals surface area contributed by atoms with Gasteiger partial charge < -0.3 is 34.7 Å². The van der Waals surface area contributed by atoms with Gasteiger partial charge in [-0.3, -0.25) is 4.79 Å². The van der Waals surface area contributed by atoms with Crippen LogP contribution in [0.1, 0.15) is 23.2 Å². The van der Waals surface area contributed by atoms with Crippen molar-refractivity contribution in [1.29, 1.82) is 0 Å². The highest BCUT2D eigenvalue weighted by molar-refractivity contribution is 5.98. The average molecular weight is 518 g/mol. The van der Waals surface area contributed by atoms with Crippen LogP contribution in [0, 0.1) is 0 Å². The maximum Gasteiger partial charge on any atom is 0.251 e. The number of pyridine rings is 1. The van der Waals surface area contributed by atoms with Crippen molar-refractivity contribution in [3.63, 3.8) is 0 Å². The second-order valence-corrected chi connectivity index (χ2v) is 9.12. The molecule has 0 radical (unpaired) electrons. The molecular weight excluding hydrogens is 486 g/mol. The molecule has 11 nitrogen and oxygen atoms in total. The van der Waals surface area contributed by atoms with Crippen LogP contribution < -0.4 is 25.0 Å². The van der Waals surface area contributed by atoms with Crippen molar-refractivity contribution >= 4 is 34.4 Å². The van der Waals surface area contributed by atoms with Crippen LogP contribution in [0.2, 0.25) is 0 Å². The molecular formula is C27H31N7O4. The minimum Gasteiger partial charge on any atom is -0.495 e. The van der Waals surface area contributed by atoms with Gasteiger partial charge in [-0.25, -0.2) is 4.98 Å². The highest BCUT2D eigenvalue weighted by atomic mass is 16.5. The van der Waals surface area contributed by atoms with Crippen LogP contribution in [0.15, 0.2) is 42.7 Å². The number of hydrogen-bond acceptors (Lipinski definition) is 9. The predicted molar refractivity (Wildman–Crippen MR) is 146 cm³/mol. The summed E-state index contributed by atoms with van der Waals surface area (Å²) in [5, 5.41) is 6.64. The number of carbonyl (C=O) groups is 1. The number of rotatable bonds is 8. The molecule has 3 aromatic heterocycles. The number of carbonyl (C=O) groups excluding carboxylic acids is 1. The van der Waals surface area contributed by atoms with Gasteiger partial charge in [-0.05, 0) is 35.9 Å². The van der Waals surface area contributed by atoms with Crippen molar-refractivity contribution in [2.24, 2.45) is 0 Å². The summed E-state index contributed by atoms with van der Waals surface area (Å²) in [6.45, 7) is 1.30. The topological polar surface area (TPSA) is 127 Å². The van der Waals surface area contributed by atoms with Crippen LogP contribution in [-0.2, 0) is 4.74 Å². The summed E-state index contributed by atoms with van der Waals surface area (Å²) in [6, 6.07) is 9.11. The molecule has 0 aliphatic carbocycles. The number of H-pyrrole nitrogens is 1. The zero-order chi connectivity index (χ0) is 26.6. The van der Waals surface area contributed by atoms with Gasteiger partial charge >= 0.3 is 0 Å². The van der Waals surface area contributed by atoms with Crippen LogP contribution in [0.25, 0.3) is 22.2 Å². The van der Waals surface area contributed by atoms with E-state index in [9.17, 15) is 4.79 Å². The van der Waals surface area contributed by atoms with Gasteiger partial charge in [0.2, 0.25) is 11.8 Å². The van der Waals surface area contributed by atoms with E-state index in [0.29, 0.717) is 47.7 Å². The molecule has 0 bridgehead atoms. The lowest BCUT2D eigenvalue weighted by atomic mass is 10.1. The van der Waals surface area contributed by atoms with E-state index in [0.717, 1.165) is 35.2 Å². The third-order valence-corrected chi connectivity index (χ3v) is 6.40. The molecule has 1 saturated heterocycles. The zero-order valence-corrected chi connectivity index (χ0v) is 21.9. The largest absolute Gasteiger partial charge is 0.495 e. The van der Waals surface area contributed by atoms with Crippen LogP contribution in [0.5, 0.6) is 11.6 Å². The summed E-state index contributed by atoms with van der Waals surface area (Å²) in [7, 11) is 7.04. The van der Waals surface area contributed by atoms with E-state index >= 15 is 0 Å². The summed E-state index contributed by atoms with van der Waals surface area (Å²) < 4.78 is 17.5. The third kappa shape index (κ3) is 5.18. The van der Waals surface area contributed by atoms with Crippen molar-refractivity contribution in [3.05, 3.63) is 48.3 Å². The third-order valence-electron chi connectivity index (χ3n) is 6.40. The van der Waals surface area contributed by atoms with Crippen molar-refractivity contribution in [1.82, 2.24) is 25.3 Å². The van der Waals surface area contributed by atoms with Crippen molar-refractivity contribution in [2.75, 3.05) is 51.7 Å². The quantitative estimate of drug-likeness (QED) is 0.320. The van der Waals surface area contributed by atoms with Crippen molar-refractivity contribution in [2.45, 2.75) is 18.9 Å². The number of methoxy groups -OCH3 is 1. The summed E-state index contributed by atoms with van der Waals surface area (Å²) in [5.74, 6) is 1.94. The number of ether oxygens (including phenoxy) is 3. The van der Waals surface area contributed by atoms with Crippen LogP contribution in [-0.4, -0.2) is 73.4 Å². The Kier molecular flexibility index (Phi) is 7.27. The molecule has 0 spiro atoms. The van der Waals surface area contributed by atoms with E-state index in [2.05, 4.69) is 20.6 Å². The van der Waals surface area contributed by atoms with Crippen LogP contribution in [0.4, 0.5) is 17.5 Å². The fourth-order valence-electron chi connectivity index (χ4n) is 4.35. The maximum absolute atomic E-state index is 12.1. The first-order chi connectivity index (χ1) is 18.5. The first-order valence-electron chi connectivity index (χ1n) is 12.4. The Morgan fingerprint density at radius 1 is 1.16 bits per heavy atom. The molecule has 1 amide bonds. The Labute approximate surface area is 220 Å². The van der Waals surface area contributed by atoms with Gasteiger partial charge in [-0.2, -0.15) is 9.97 Å². The smallest absolute Gasteiger partial charge is 0.251 e. The molecule has 38 heavy (non-hydrogen) atoms. The van der Waals surface area contributed by atoms with Gasteiger partial charge in [0.15, 0.2) is 0 Å². The molecule has 1 fully saturated rings. The zero-order valence-electron chi connectivity index (χ0n) is 21.9. The molecule has 0 atom stereocenters. The molecule has 5 rings (SSSR count). The lowest BCUT2D eigenvalue weighted by Crippen LogP contribution is -2.26. The molecule has 198 valence electrons. The van der Waals surface area contributed by atoms with E-state index in [1.54, 1.807) is 38.6 Å². The predicted octanol–water partition coefficient (Wildman–Crippen LogP) is 3.76. The minimum atomic E-state index is -0.202. The fourth-order valence-corrected chi connectivity index (χ4v) is 4.35. The first-order valence-corrected chi connectivity index (χ1v) is 12.4. The highest BCUT2D eigenvalue weighted by Crippen LogP contribution is 2.37. The lowest BCUT2D eigenvalue weighted by Gasteiger charge is -2.23. The first kappa shape index (κ1) is 25.3. The molecule has 1 aliphatic heterocycles. The molecule has 0 unspecified atom stereocenters. The van der Waals surface area contributed by atoms with E-state index < -0.39 is 0 Å². The second-order valence-electron chi connectivity index (χ2n) is 9.12. The SMILES string of the molecule is CNC(=O)c1ccc(Nc2nc(OC3CCOCC3)c3c(-c4ccnc(N(C)C)c4)c[nH]c3n2)c(OC)c1. The summed E-state index contributed by atoms with van der Waals surface area (Å²) in [6.07, 6.45) is 5.24. The number of fused-ring (bicyclic) bond motifs is 1. The highest BCUT2D eigenvalue weighted by Gasteiger charge is 2.22. The summed E-state index contributed by atoms with van der Waals surface area (Å²) in [4.78, 5) is 31.3. The maximum atomic E-state index is 12.1. The number of benzene rings is 1. The normalized spacial score (nSPS) is 13.8. The Hall–Kier alpha value is -4.38. The molecule has 1 aromatic carbocycles. The van der Waals surface area contributed by atoms with Crippen LogP contribution >= 0.6 is 0 Å². The van der Waals surface area contributed by atoms with E-state index in [1.165, 1.54) is 0 Å². The standard InChI is InChI=1S/C27H31N7O4/c1-28-25(35)17-5-6-20(21(13-17)36-4)31-27-32-24-23(26(33-27)38-18-8-11-37-12-9-18)19(15-30-24)16-7-10-29-22(14-16)34(2)3/h5-7,10,13-15,18H,8-9,11-12H2,1-4H3,(H,28,35)(H2,30,31,32,33). The van der Waals surface area contributed by atoms with Gasteiger partial charge in [0.1, 0.15) is 23.3 Å². The number of anilines is 3. The molecule has 4 aromatic rings. The molecule has 3 N–H and O–H groups in total. The fraction of sp³-hybridized carbons (Fsp3) is 0.333. The number of aromatic amines is 1. The Balaban J connectivity index is 1.56. The lowest BCUT2D eigenvalue weighted by molar-refractivity contribution is 0.0244.